The van der Waals surface area contributed by atoms with E-state index in [1.165, 1.54) is 96.7 Å². The van der Waals surface area contributed by atoms with E-state index in [2.05, 4.69) is 39.5 Å². The summed E-state index contributed by atoms with van der Waals surface area (Å²) in [4.78, 5) is 36.9. The van der Waals surface area contributed by atoms with Gasteiger partial charge in [0.1, 0.15) is 6.54 Å². The van der Waals surface area contributed by atoms with Crippen molar-refractivity contribution in [3.8, 4) is 0 Å². The summed E-state index contributed by atoms with van der Waals surface area (Å²) in [7, 11) is 4.50. The number of para-hydroxylation sites is 1. The molecule has 0 radical (unpaired) electrons. The topological polar surface area (TPSA) is 107 Å². The number of pyridine rings is 1. The number of amides is 2. The maximum Gasteiger partial charge on any atom is 0.257 e. The first-order valence-electron chi connectivity index (χ1n) is 17.5. The fourth-order valence-corrected chi connectivity index (χ4v) is 5.94. The van der Waals surface area contributed by atoms with Crippen LogP contribution in [-0.2, 0) is 4.79 Å². The number of fused-ring (bicyclic) bond motifs is 2. The van der Waals surface area contributed by atoms with Crippen molar-refractivity contribution in [2.24, 2.45) is 5.73 Å². The first kappa shape index (κ1) is 36.5. The molecular formula is C36H59N7O2. The molecule has 0 atom stereocenters. The highest BCUT2D eigenvalue weighted by molar-refractivity contribution is 6.12. The van der Waals surface area contributed by atoms with Crippen molar-refractivity contribution in [1.82, 2.24) is 20.1 Å². The monoisotopic (exact) mass is 621 g/mol. The summed E-state index contributed by atoms with van der Waals surface area (Å²) < 4.78 is 0. The minimum Gasteiger partial charge on any atom is -0.355 e. The van der Waals surface area contributed by atoms with E-state index in [4.69, 9.17) is 5.73 Å². The van der Waals surface area contributed by atoms with Gasteiger partial charge < -0.3 is 31.1 Å². The zero-order valence-corrected chi connectivity index (χ0v) is 28.1. The van der Waals surface area contributed by atoms with Gasteiger partial charge in [-0.05, 0) is 110 Å². The molecule has 9 heteroatoms. The van der Waals surface area contributed by atoms with Gasteiger partial charge in [-0.3, -0.25) is 9.59 Å². The average Bonchev–Trinajstić information content (AvgIpc) is 3.15. The molecule has 250 valence electrons. The van der Waals surface area contributed by atoms with Gasteiger partial charge in [0.15, 0.2) is 5.82 Å². The second-order valence-electron chi connectivity index (χ2n) is 12.6. The molecule has 3 rings (SSSR count). The van der Waals surface area contributed by atoms with E-state index in [-0.39, 0.29) is 18.4 Å². The molecule has 1 aromatic carbocycles. The summed E-state index contributed by atoms with van der Waals surface area (Å²) in [6, 6.07) is 10.9. The van der Waals surface area contributed by atoms with Crippen molar-refractivity contribution in [3.63, 3.8) is 0 Å². The predicted octanol–water partition coefficient (Wildman–Crippen LogP) is 6.19. The summed E-state index contributed by atoms with van der Waals surface area (Å²) in [5.74, 6) is 0.306. The molecule has 45 heavy (non-hydrogen) atoms. The van der Waals surface area contributed by atoms with Gasteiger partial charge in [0.2, 0.25) is 5.91 Å². The Hall–Kier alpha value is -3.01. The zero-order chi connectivity index (χ0) is 32.1. The minimum absolute atomic E-state index is 0.0764. The van der Waals surface area contributed by atoms with Crippen molar-refractivity contribution in [3.05, 3.63) is 48.2 Å². The van der Waals surface area contributed by atoms with E-state index in [1.807, 2.05) is 29.2 Å². The zero-order valence-electron chi connectivity index (χ0n) is 28.1. The molecule has 0 saturated carbocycles. The van der Waals surface area contributed by atoms with E-state index >= 15 is 0 Å². The van der Waals surface area contributed by atoms with E-state index in [0.29, 0.717) is 29.3 Å². The number of aromatic nitrogens is 1. The lowest BCUT2D eigenvalue weighted by Gasteiger charge is -2.24. The maximum atomic E-state index is 12.9. The van der Waals surface area contributed by atoms with E-state index in [1.54, 1.807) is 18.3 Å². The summed E-state index contributed by atoms with van der Waals surface area (Å²) in [5, 5.41) is 5.98. The molecule has 0 aliphatic carbocycles. The van der Waals surface area contributed by atoms with Gasteiger partial charge in [0.25, 0.3) is 5.91 Å². The van der Waals surface area contributed by atoms with Crippen LogP contribution in [0.4, 0.5) is 17.2 Å². The van der Waals surface area contributed by atoms with Gasteiger partial charge in [0, 0.05) is 12.7 Å². The number of rotatable bonds is 24. The molecule has 0 unspecified atom stereocenters. The van der Waals surface area contributed by atoms with Crippen molar-refractivity contribution in [2.75, 3.05) is 70.1 Å². The minimum atomic E-state index is -0.195. The molecule has 1 aromatic heterocycles. The first-order chi connectivity index (χ1) is 22.0. The van der Waals surface area contributed by atoms with Crippen molar-refractivity contribution in [1.29, 1.82) is 0 Å². The van der Waals surface area contributed by atoms with Gasteiger partial charge in [-0.25, -0.2) is 4.98 Å². The molecule has 0 fully saturated rings. The molecule has 2 amide bonds. The van der Waals surface area contributed by atoms with Gasteiger partial charge in [0.05, 0.1) is 16.9 Å². The van der Waals surface area contributed by atoms with Crippen LogP contribution in [-0.4, -0.2) is 86.5 Å². The predicted molar refractivity (Wildman–Crippen MR) is 187 cm³/mol. The third kappa shape index (κ3) is 13.9. The number of anilines is 3. The number of nitrogens with zero attached hydrogens (tertiary/aromatic N) is 4. The maximum absolute atomic E-state index is 12.9. The molecule has 4 N–H and O–H groups in total. The van der Waals surface area contributed by atoms with Gasteiger partial charge in [-0.2, -0.15) is 0 Å². The largest absolute Gasteiger partial charge is 0.355 e. The fourth-order valence-electron chi connectivity index (χ4n) is 5.94. The Morgan fingerprint density at radius 1 is 0.778 bits per heavy atom. The van der Waals surface area contributed by atoms with E-state index < -0.39 is 0 Å². The summed E-state index contributed by atoms with van der Waals surface area (Å²) >= 11 is 0. The number of carbonyl (C=O) groups excluding carboxylic acids is 2. The van der Waals surface area contributed by atoms with Crippen LogP contribution in [0.3, 0.4) is 0 Å². The van der Waals surface area contributed by atoms with E-state index in [9.17, 15) is 9.59 Å². The average molecular weight is 622 g/mol. The van der Waals surface area contributed by atoms with Gasteiger partial charge in [-0.15, -0.1) is 0 Å². The highest BCUT2D eigenvalue weighted by atomic mass is 16.2. The Morgan fingerprint density at radius 3 is 1.96 bits per heavy atom. The molecule has 0 saturated heterocycles. The number of hydrogen-bond acceptors (Lipinski definition) is 7. The van der Waals surface area contributed by atoms with Crippen LogP contribution in [0.25, 0.3) is 0 Å². The highest BCUT2D eigenvalue weighted by Crippen LogP contribution is 2.35. The lowest BCUT2D eigenvalue weighted by Crippen LogP contribution is -2.36. The molecule has 2 heterocycles. The SMILES string of the molecule is CN(CCCCCCN)CCCCCCCCN(C)CCCCCCNC(=O)CN1c2ccccc2C(=O)Nc2cccnc21. The molecule has 9 nitrogen and oxygen atoms in total. The number of hydrogen-bond donors (Lipinski definition) is 3. The Morgan fingerprint density at radius 2 is 1.33 bits per heavy atom. The Labute approximate surface area is 272 Å². The lowest BCUT2D eigenvalue weighted by atomic mass is 10.1. The third-order valence-corrected chi connectivity index (χ3v) is 8.64. The Bertz CT molecular complexity index is 1130. The van der Waals surface area contributed by atoms with Crippen LogP contribution in [0.1, 0.15) is 100 Å². The third-order valence-electron chi connectivity index (χ3n) is 8.64. The van der Waals surface area contributed by atoms with Crippen LogP contribution in [0.5, 0.6) is 0 Å². The van der Waals surface area contributed by atoms with Gasteiger partial charge in [-0.1, -0.05) is 63.5 Å². The fraction of sp³-hybridized carbons (Fsp3) is 0.639. The molecular weight excluding hydrogens is 562 g/mol. The normalized spacial score (nSPS) is 12.6. The van der Waals surface area contributed by atoms with Crippen LogP contribution < -0.4 is 21.3 Å². The second kappa shape index (κ2) is 21.7. The molecule has 1 aliphatic heterocycles. The number of benzene rings is 1. The van der Waals surface area contributed by atoms with Crippen LogP contribution in [0, 0.1) is 0 Å². The van der Waals surface area contributed by atoms with Crippen LogP contribution in [0.15, 0.2) is 42.6 Å². The first-order valence-corrected chi connectivity index (χ1v) is 17.5. The summed E-state index contributed by atoms with van der Waals surface area (Å²) in [6.45, 7) is 6.36. The number of nitrogens with one attached hydrogen (secondary N) is 2. The standard InChI is InChI=1S/C36H59N7O2/c1-41(28-17-9-5-13-23-37)26-15-7-3-4-8-16-27-42(2)29-18-10-6-14-24-38-34(44)30-43-33-22-12-11-20-31(33)36(45)40-32-21-19-25-39-35(32)43/h11-12,19-22,25H,3-10,13-18,23-24,26-30,37H2,1-2H3,(H,38,44)(H,40,45). The molecule has 1 aliphatic rings. The second-order valence-corrected chi connectivity index (χ2v) is 12.6. The molecule has 0 spiro atoms. The quantitative estimate of drug-likeness (QED) is 0.120. The summed E-state index contributed by atoms with van der Waals surface area (Å²) in [6.07, 6.45) is 19.2. The summed E-state index contributed by atoms with van der Waals surface area (Å²) in [5.41, 5.74) is 7.39. The van der Waals surface area contributed by atoms with Crippen molar-refractivity contribution < 1.29 is 9.59 Å². The number of carbonyl (C=O) groups is 2. The Balaban J connectivity index is 1.18. The molecule has 2 aromatic rings. The van der Waals surface area contributed by atoms with Crippen LogP contribution >= 0.6 is 0 Å². The van der Waals surface area contributed by atoms with E-state index in [0.717, 1.165) is 25.9 Å². The van der Waals surface area contributed by atoms with Gasteiger partial charge >= 0.3 is 0 Å². The smallest absolute Gasteiger partial charge is 0.257 e. The number of nitrogens with two attached hydrogens (primary N) is 1. The van der Waals surface area contributed by atoms with Crippen molar-refractivity contribution >= 4 is 29.0 Å². The van der Waals surface area contributed by atoms with Crippen LogP contribution in [0.2, 0.25) is 0 Å². The number of unbranched alkanes of at least 4 members (excludes halogenated alkanes) is 11. The molecule has 0 bridgehead atoms. The Kier molecular flexibility index (Phi) is 17.6. The van der Waals surface area contributed by atoms with Crippen molar-refractivity contribution in [2.45, 2.75) is 89.9 Å². The highest BCUT2D eigenvalue weighted by Gasteiger charge is 2.27. The lowest BCUT2D eigenvalue weighted by molar-refractivity contribution is -0.119.